The SMILES string of the molecule is C/C=C1\[C@H]2CC(C)=C[C@]1(N)Cc1[nH]c(=O)ncc12. The Hall–Kier alpha value is -1.68. The van der Waals surface area contributed by atoms with Crippen LogP contribution in [0.3, 0.4) is 0 Å². The van der Waals surface area contributed by atoms with Crippen molar-refractivity contribution in [2.75, 3.05) is 0 Å². The molecule has 0 fully saturated rings. The normalized spacial score (nSPS) is 32.1. The molecule has 18 heavy (non-hydrogen) atoms. The summed E-state index contributed by atoms with van der Waals surface area (Å²) < 4.78 is 0. The van der Waals surface area contributed by atoms with Gasteiger partial charge in [-0.1, -0.05) is 17.7 Å². The molecule has 3 N–H and O–H groups in total. The van der Waals surface area contributed by atoms with Crippen LogP contribution in [0.15, 0.2) is 34.3 Å². The lowest BCUT2D eigenvalue weighted by Gasteiger charge is -2.44. The molecule has 0 aromatic carbocycles. The van der Waals surface area contributed by atoms with Crippen molar-refractivity contribution in [3.63, 3.8) is 0 Å². The van der Waals surface area contributed by atoms with Gasteiger partial charge in [-0.05, 0) is 31.4 Å². The Morgan fingerprint density at radius 2 is 2.39 bits per heavy atom. The van der Waals surface area contributed by atoms with E-state index in [2.05, 4.69) is 29.0 Å². The van der Waals surface area contributed by atoms with Gasteiger partial charge in [0.2, 0.25) is 0 Å². The third kappa shape index (κ3) is 1.49. The first kappa shape index (κ1) is 11.4. The standard InChI is InChI=1S/C14H17N3O/c1-3-11-9-4-8(2)5-14(11,15)6-12-10(9)7-16-13(18)17-12/h3,5,7,9H,4,6,15H2,1-2H3,(H,16,17,18)/b11-3+/t9-,14-/m0/s1. The van der Waals surface area contributed by atoms with Gasteiger partial charge in [0.1, 0.15) is 0 Å². The van der Waals surface area contributed by atoms with Crippen LogP contribution in [-0.2, 0) is 6.42 Å². The topological polar surface area (TPSA) is 71.8 Å². The second-order valence-corrected chi connectivity index (χ2v) is 5.33. The monoisotopic (exact) mass is 243 g/mol. The molecule has 0 saturated carbocycles. The molecular weight excluding hydrogens is 226 g/mol. The summed E-state index contributed by atoms with van der Waals surface area (Å²) in [6.07, 6.45) is 7.57. The zero-order valence-electron chi connectivity index (χ0n) is 10.7. The summed E-state index contributed by atoms with van der Waals surface area (Å²) in [7, 11) is 0. The van der Waals surface area contributed by atoms with E-state index in [1.165, 1.54) is 11.1 Å². The van der Waals surface area contributed by atoms with Crippen molar-refractivity contribution in [1.82, 2.24) is 9.97 Å². The highest BCUT2D eigenvalue weighted by molar-refractivity contribution is 5.50. The average molecular weight is 243 g/mol. The van der Waals surface area contributed by atoms with E-state index >= 15 is 0 Å². The number of fused-ring (bicyclic) bond motifs is 4. The predicted octanol–water partition coefficient (Wildman–Crippen LogP) is 1.40. The molecule has 3 rings (SSSR count). The summed E-state index contributed by atoms with van der Waals surface area (Å²) in [5.41, 5.74) is 10.4. The van der Waals surface area contributed by atoms with Gasteiger partial charge in [0.15, 0.2) is 0 Å². The molecule has 0 amide bonds. The number of nitrogens with two attached hydrogens (primary N) is 1. The summed E-state index contributed by atoms with van der Waals surface area (Å²) >= 11 is 0. The number of hydrogen-bond acceptors (Lipinski definition) is 3. The van der Waals surface area contributed by atoms with E-state index in [0.717, 1.165) is 17.7 Å². The molecule has 2 aliphatic carbocycles. The molecule has 2 bridgehead atoms. The largest absolute Gasteiger partial charge is 0.345 e. The van der Waals surface area contributed by atoms with E-state index in [0.29, 0.717) is 6.42 Å². The van der Waals surface area contributed by atoms with Crippen molar-refractivity contribution >= 4 is 0 Å². The highest BCUT2D eigenvalue weighted by Crippen LogP contribution is 2.46. The van der Waals surface area contributed by atoms with E-state index in [9.17, 15) is 4.79 Å². The van der Waals surface area contributed by atoms with Gasteiger partial charge in [0.25, 0.3) is 0 Å². The van der Waals surface area contributed by atoms with Gasteiger partial charge in [-0.15, -0.1) is 0 Å². The van der Waals surface area contributed by atoms with Gasteiger partial charge in [-0.25, -0.2) is 9.78 Å². The molecular formula is C14H17N3O. The number of aromatic amines is 1. The van der Waals surface area contributed by atoms with Crippen molar-refractivity contribution in [3.05, 3.63) is 51.2 Å². The maximum Gasteiger partial charge on any atom is 0.345 e. The van der Waals surface area contributed by atoms with Crippen LogP contribution in [0.25, 0.3) is 0 Å². The van der Waals surface area contributed by atoms with Crippen molar-refractivity contribution in [1.29, 1.82) is 0 Å². The zero-order valence-corrected chi connectivity index (χ0v) is 10.7. The van der Waals surface area contributed by atoms with Crippen LogP contribution < -0.4 is 11.4 Å². The summed E-state index contributed by atoms with van der Waals surface area (Å²) in [5, 5.41) is 0. The number of allylic oxidation sites excluding steroid dienone is 2. The minimum absolute atomic E-state index is 0.262. The highest BCUT2D eigenvalue weighted by Gasteiger charge is 2.42. The number of H-pyrrole nitrogens is 1. The lowest BCUT2D eigenvalue weighted by atomic mass is 9.64. The molecule has 0 unspecified atom stereocenters. The van der Waals surface area contributed by atoms with Gasteiger partial charge < -0.3 is 10.7 Å². The van der Waals surface area contributed by atoms with Gasteiger partial charge in [-0.3, -0.25) is 0 Å². The fourth-order valence-corrected chi connectivity index (χ4v) is 3.42. The van der Waals surface area contributed by atoms with Crippen LogP contribution in [0, 0.1) is 0 Å². The van der Waals surface area contributed by atoms with Gasteiger partial charge in [0.05, 0.1) is 5.54 Å². The van der Waals surface area contributed by atoms with Gasteiger partial charge >= 0.3 is 5.69 Å². The van der Waals surface area contributed by atoms with E-state index in [-0.39, 0.29) is 11.6 Å². The van der Waals surface area contributed by atoms with E-state index < -0.39 is 5.54 Å². The van der Waals surface area contributed by atoms with Crippen molar-refractivity contribution < 1.29 is 0 Å². The third-order valence-electron chi connectivity index (χ3n) is 4.03. The molecule has 1 heterocycles. The maximum absolute atomic E-state index is 11.3. The molecule has 0 saturated heterocycles. The fourth-order valence-electron chi connectivity index (χ4n) is 3.42. The molecule has 94 valence electrons. The average Bonchev–Trinajstić information content (AvgIpc) is 2.26. The molecule has 0 spiro atoms. The Kier molecular flexibility index (Phi) is 2.32. The van der Waals surface area contributed by atoms with Crippen LogP contribution in [-0.4, -0.2) is 15.5 Å². The molecule has 1 aromatic heterocycles. The van der Waals surface area contributed by atoms with Crippen LogP contribution in [0.2, 0.25) is 0 Å². The quantitative estimate of drug-likeness (QED) is 0.677. The molecule has 4 nitrogen and oxygen atoms in total. The van der Waals surface area contributed by atoms with Crippen molar-refractivity contribution in [2.45, 2.75) is 38.1 Å². The maximum atomic E-state index is 11.3. The summed E-state index contributed by atoms with van der Waals surface area (Å²) in [6.45, 7) is 4.15. The zero-order chi connectivity index (χ0) is 12.9. The molecule has 2 aliphatic rings. The molecule has 1 aromatic rings. The summed E-state index contributed by atoms with van der Waals surface area (Å²) in [4.78, 5) is 18.0. The van der Waals surface area contributed by atoms with Crippen LogP contribution in [0.4, 0.5) is 0 Å². The second kappa shape index (κ2) is 3.65. The summed E-state index contributed by atoms with van der Waals surface area (Å²) in [5.74, 6) is 0.262. The van der Waals surface area contributed by atoms with Crippen LogP contribution >= 0.6 is 0 Å². The lowest BCUT2D eigenvalue weighted by Crippen LogP contribution is -2.50. The molecule has 2 atom stereocenters. The Balaban J connectivity index is 2.26. The number of aromatic nitrogens is 2. The van der Waals surface area contributed by atoms with E-state index in [4.69, 9.17) is 5.73 Å². The number of nitrogens with one attached hydrogen (secondary N) is 1. The number of rotatable bonds is 0. The fraction of sp³-hybridized carbons (Fsp3) is 0.429. The summed E-state index contributed by atoms with van der Waals surface area (Å²) in [6, 6.07) is 0. The molecule has 0 aliphatic heterocycles. The van der Waals surface area contributed by atoms with Crippen molar-refractivity contribution in [3.8, 4) is 0 Å². The Morgan fingerprint density at radius 1 is 1.61 bits per heavy atom. The first-order valence-electron chi connectivity index (χ1n) is 6.25. The Morgan fingerprint density at radius 3 is 3.11 bits per heavy atom. The number of hydrogen-bond donors (Lipinski definition) is 2. The van der Waals surface area contributed by atoms with Gasteiger partial charge in [0, 0.05) is 24.2 Å². The minimum atomic E-state index is -0.445. The van der Waals surface area contributed by atoms with E-state index in [1.807, 2.05) is 6.92 Å². The van der Waals surface area contributed by atoms with Gasteiger partial charge in [-0.2, -0.15) is 0 Å². The Labute approximate surface area is 106 Å². The van der Waals surface area contributed by atoms with Crippen molar-refractivity contribution in [2.24, 2.45) is 5.73 Å². The molecule has 0 radical (unpaired) electrons. The first-order valence-corrected chi connectivity index (χ1v) is 6.25. The second-order valence-electron chi connectivity index (χ2n) is 5.33. The highest BCUT2D eigenvalue weighted by atomic mass is 16.1. The Bertz CT molecular complexity index is 626. The third-order valence-corrected chi connectivity index (χ3v) is 4.03. The first-order chi connectivity index (χ1) is 8.53. The van der Waals surface area contributed by atoms with Crippen LogP contribution in [0.5, 0.6) is 0 Å². The van der Waals surface area contributed by atoms with E-state index in [1.54, 1.807) is 6.20 Å². The lowest BCUT2D eigenvalue weighted by molar-refractivity contribution is 0.479. The smallest absolute Gasteiger partial charge is 0.318 e. The predicted molar refractivity (Wildman–Crippen MR) is 70.4 cm³/mol. The van der Waals surface area contributed by atoms with Crippen LogP contribution in [0.1, 0.15) is 37.4 Å². The number of nitrogens with zero attached hydrogens (tertiary/aromatic N) is 1. The molecule has 4 heteroatoms. The minimum Gasteiger partial charge on any atom is -0.318 e.